The van der Waals surface area contributed by atoms with Crippen LogP contribution in [0.2, 0.25) is 0 Å². The van der Waals surface area contributed by atoms with Crippen molar-refractivity contribution in [1.82, 2.24) is 10.6 Å². The zero-order valence-corrected chi connectivity index (χ0v) is 10.1. The molecule has 1 aliphatic heterocycles. The number of ether oxygens (including phenoxy) is 1. The molecule has 1 atom stereocenters. The summed E-state index contributed by atoms with van der Waals surface area (Å²) in [5, 5.41) is 6.74. The van der Waals surface area contributed by atoms with Gasteiger partial charge >= 0.3 is 0 Å². The zero-order valence-electron chi connectivity index (χ0n) is 10.1. The lowest BCUT2D eigenvalue weighted by Crippen LogP contribution is -2.28. The molecule has 1 saturated heterocycles. The minimum absolute atomic E-state index is 0.550. The monoisotopic (exact) mass is 214 g/mol. The van der Waals surface area contributed by atoms with Crippen LogP contribution < -0.4 is 10.6 Å². The highest BCUT2D eigenvalue weighted by Crippen LogP contribution is 2.16. The first kappa shape index (κ1) is 12.9. The van der Waals surface area contributed by atoms with Gasteiger partial charge in [0.25, 0.3) is 0 Å². The Kier molecular flexibility index (Phi) is 7.88. The first-order valence-electron chi connectivity index (χ1n) is 6.46. The smallest absolute Gasteiger partial charge is 0.0575 e. The lowest BCUT2D eigenvalue weighted by molar-refractivity contribution is 0.0102. The van der Waals surface area contributed by atoms with Crippen LogP contribution in [0.1, 0.15) is 39.0 Å². The van der Waals surface area contributed by atoms with E-state index in [-0.39, 0.29) is 0 Å². The van der Waals surface area contributed by atoms with Gasteiger partial charge in [0.05, 0.1) is 6.10 Å². The molecule has 0 radical (unpaired) electrons. The zero-order chi connectivity index (χ0) is 10.8. The van der Waals surface area contributed by atoms with Gasteiger partial charge in [-0.2, -0.15) is 0 Å². The molecule has 15 heavy (non-hydrogen) atoms. The average Bonchev–Trinajstić information content (AvgIpc) is 2.29. The van der Waals surface area contributed by atoms with Gasteiger partial charge in [-0.15, -0.1) is 0 Å². The van der Waals surface area contributed by atoms with E-state index in [0.29, 0.717) is 6.10 Å². The molecule has 0 aromatic carbocycles. The van der Waals surface area contributed by atoms with Crippen LogP contribution in [0.15, 0.2) is 0 Å². The summed E-state index contributed by atoms with van der Waals surface area (Å²) in [7, 11) is 0. The Labute approximate surface area is 94.0 Å². The maximum Gasteiger partial charge on any atom is 0.0575 e. The normalized spacial score (nSPS) is 21.8. The van der Waals surface area contributed by atoms with E-state index in [1.807, 2.05) is 0 Å². The molecule has 90 valence electrons. The number of hydrogen-bond acceptors (Lipinski definition) is 3. The lowest BCUT2D eigenvalue weighted by atomic mass is 10.0. The van der Waals surface area contributed by atoms with Crippen LogP contribution in [0.5, 0.6) is 0 Å². The Bertz CT molecular complexity index is 136. The number of rotatable bonds is 8. The highest BCUT2D eigenvalue weighted by Gasteiger charge is 2.12. The molecule has 0 bridgehead atoms. The van der Waals surface area contributed by atoms with Crippen molar-refractivity contribution in [2.75, 3.05) is 32.8 Å². The predicted octanol–water partition coefficient (Wildman–Crippen LogP) is 1.53. The van der Waals surface area contributed by atoms with Crippen LogP contribution in [-0.4, -0.2) is 38.9 Å². The highest BCUT2D eigenvalue weighted by molar-refractivity contribution is 4.64. The molecular weight excluding hydrogens is 188 g/mol. The Morgan fingerprint density at radius 3 is 2.73 bits per heavy atom. The Morgan fingerprint density at radius 1 is 1.13 bits per heavy atom. The van der Waals surface area contributed by atoms with Crippen molar-refractivity contribution in [2.45, 2.75) is 45.1 Å². The molecule has 1 rings (SSSR count). The topological polar surface area (TPSA) is 33.3 Å². The van der Waals surface area contributed by atoms with Crippen molar-refractivity contribution in [3.05, 3.63) is 0 Å². The van der Waals surface area contributed by atoms with Gasteiger partial charge in [-0.25, -0.2) is 0 Å². The third-order valence-corrected chi connectivity index (χ3v) is 2.88. The predicted molar refractivity (Wildman–Crippen MR) is 64.2 cm³/mol. The first-order chi connectivity index (χ1) is 7.43. The van der Waals surface area contributed by atoms with Crippen molar-refractivity contribution in [3.63, 3.8) is 0 Å². The van der Waals surface area contributed by atoms with Gasteiger partial charge in [0, 0.05) is 19.7 Å². The van der Waals surface area contributed by atoms with Gasteiger partial charge in [-0.3, -0.25) is 0 Å². The molecule has 2 N–H and O–H groups in total. The molecule has 0 aromatic heterocycles. The van der Waals surface area contributed by atoms with Gasteiger partial charge in [-0.05, 0) is 45.2 Å². The molecular formula is C12H26N2O. The SMILES string of the molecule is CCNCCNCCCC1CCCCO1. The van der Waals surface area contributed by atoms with Crippen LogP contribution in [0.4, 0.5) is 0 Å². The standard InChI is InChI=1S/C12H26N2O/c1-2-13-9-10-14-8-5-7-12-6-3-4-11-15-12/h12-14H,2-11H2,1H3. The molecule has 0 aliphatic carbocycles. The second kappa shape index (κ2) is 9.13. The van der Waals surface area contributed by atoms with E-state index in [1.165, 1.54) is 32.1 Å². The molecule has 0 spiro atoms. The third-order valence-electron chi connectivity index (χ3n) is 2.88. The maximum atomic E-state index is 5.68. The second-order valence-electron chi connectivity index (χ2n) is 4.23. The molecule has 1 unspecified atom stereocenters. The Balaban J connectivity index is 1.79. The third kappa shape index (κ3) is 6.88. The minimum atomic E-state index is 0.550. The van der Waals surface area contributed by atoms with Crippen LogP contribution in [-0.2, 0) is 4.74 Å². The van der Waals surface area contributed by atoms with E-state index < -0.39 is 0 Å². The maximum absolute atomic E-state index is 5.68. The molecule has 0 saturated carbocycles. The van der Waals surface area contributed by atoms with E-state index in [9.17, 15) is 0 Å². The van der Waals surface area contributed by atoms with Crippen molar-refractivity contribution < 1.29 is 4.74 Å². The van der Waals surface area contributed by atoms with E-state index in [0.717, 1.165) is 32.8 Å². The van der Waals surface area contributed by atoms with Gasteiger partial charge < -0.3 is 15.4 Å². The van der Waals surface area contributed by atoms with Crippen LogP contribution >= 0.6 is 0 Å². The van der Waals surface area contributed by atoms with E-state index >= 15 is 0 Å². The van der Waals surface area contributed by atoms with Crippen molar-refractivity contribution in [3.8, 4) is 0 Å². The van der Waals surface area contributed by atoms with E-state index in [4.69, 9.17) is 4.74 Å². The van der Waals surface area contributed by atoms with Crippen LogP contribution in [0, 0.1) is 0 Å². The summed E-state index contributed by atoms with van der Waals surface area (Å²) in [6.07, 6.45) is 6.92. The number of nitrogens with one attached hydrogen (secondary N) is 2. The summed E-state index contributed by atoms with van der Waals surface area (Å²) in [4.78, 5) is 0. The minimum Gasteiger partial charge on any atom is -0.378 e. The molecule has 0 amide bonds. The fourth-order valence-electron chi connectivity index (χ4n) is 1.97. The number of hydrogen-bond donors (Lipinski definition) is 2. The van der Waals surface area contributed by atoms with E-state index in [1.54, 1.807) is 0 Å². The summed E-state index contributed by atoms with van der Waals surface area (Å²) < 4.78 is 5.68. The van der Waals surface area contributed by atoms with Gasteiger partial charge in [0.2, 0.25) is 0 Å². The molecule has 1 heterocycles. The molecule has 0 aromatic rings. The summed E-state index contributed by atoms with van der Waals surface area (Å²) >= 11 is 0. The van der Waals surface area contributed by atoms with Gasteiger partial charge in [-0.1, -0.05) is 6.92 Å². The summed E-state index contributed by atoms with van der Waals surface area (Å²) in [6, 6.07) is 0. The van der Waals surface area contributed by atoms with Crippen LogP contribution in [0.25, 0.3) is 0 Å². The number of likely N-dealkylation sites (N-methyl/N-ethyl adjacent to an activating group) is 1. The molecule has 3 nitrogen and oxygen atoms in total. The lowest BCUT2D eigenvalue weighted by Gasteiger charge is -2.22. The molecule has 1 aliphatic rings. The first-order valence-corrected chi connectivity index (χ1v) is 6.46. The summed E-state index contributed by atoms with van der Waals surface area (Å²) in [5.41, 5.74) is 0. The fourth-order valence-corrected chi connectivity index (χ4v) is 1.97. The summed E-state index contributed by atoms with van der Waals surface area (Å²) in [5.74, 6) is 0. The van der Waals surface area contributed by atoms with E-state index in [2.05, 4.69) is 17.6 Å². The Hall–Kier alpha value is -0.120. The van der Waals surface area contributed by atoms with Crippen molar-refractivity contribution in [2.24, 2.45) is 0 Å². The fraction of sp³-hybridized carbons (Fsp3) is 1.00. The quantitative estimate of drug-likeness (QED) is 0.601. The average molecular weight is 214 g/mol. The van der Waals surface area contributed by atoms with Gasteiger partial charge in [0.15, 0.2) is 0 Å². The molecule has 1 fully saturated rings. The largest absolute Gasteiger partial charge is 0.378 e. The van der Waals surface area contributed by atoms with Gasteiger partial charge in [0.1, 0.15) is 0 Å². The summed E-state index contributed by atoms with van der Waals surface area (Å²) in [6.45, 7) is 7.48. The second-order valence-corrected chi connectivity index (χ2v) is 4.23. The van der Waals surface area contributed by atoms with Crippen molar-refractivity contribution in [1.29, 1.82) is 0 Å². The van der Waals surface area contributed by atoms with Crippen molar-refractivity contribution >= 4 is 0 Å². The Morgan fingerprint density at radius 2 is 2.00 bits per heavy atom. The molecule has 3 heteroatoms. The van der Waals surface area contributed by atoms with Crippen LogP contribution in [0.3, 0.4) is 0 Å². The highest BCUT2D eigenvalue weighted by atomic mass is 16.5.